The van der Waals surface area contributed by atoms with Crippen molar-refractivity contribution in [2.45, 2.75) is 26.8 Å². The third kappa shape index (κ3) is 4.25. The van der Waals surface area contributed by atoms with Crippen molar-refractivity contribution in [1.29, 1.82) is 0 Å². The van der Waals surface area contributed by atoms with Crippen LogP contribution in [-0.4, -0.2) is 39.7 Å². The van der Waals surface area contributed by atoms with Gasteiger partial charge in [0.1, 0.15) is 11.6 Å². The van der Waals surface area contributed by atoms with E-state index in [1.165, 1.54) is 0 Å². The minimum absolute atomic E-state index is 0.472. The number of oxazole rings is 1. The summed E-state index contributed by atoms with van der Waals surface area (Å²) in [5, 5.41) is 13.4. The van der Waals surface area contributed by atoms with Crippen LogP contribution in [0.2, 0.25) is 0 Å². The molecule has 25 heavy (non-hydrogen) atoms. The number of aryl methyl sites for hydroxylation is 2. The lowest BCUT2D eigenvalue weighted by Crippen LogP contribution is -2.38. The van der Waals surface area contributed by atoms with E-state index in [1.54, 1.807) is 19.4 Å². The lowest BCUT2D eigenvalue weighted by atomic mass is 10.4. The van der Waals surface area contributed by atoms with Crippen LogP contribution in [0.1, 0.15) is 23.2 Å². The Morgan fingerprint density at radius 3 is 2.84 bits per heavy atom. The van der Waals surface area contributed by atoms with Gasteiger partial charge in [0.05, 0.1) is 18.5 Å². The minimum Gasteiger partial charge on any atom is -0.461 e. The van der Waals surface area contributed by atoms with E-state index in [9.17, 15) is 0 Å². The third-order valence-corrected chi connectivity index (χ3v) is 3.63. The van der Waals surface area contributed by atoms with Crippen LogP contribution in [0.3, 0.4) is 0 Å². The van der Waals surface area contributed by atoms with E-state index in [4.69, 9.17) is 8.83 Å². The molecule has 132 valence electrons. The average molecular weight is 343 g/mol. The van der Waals surface area contributed by atoms with Crippen molar-refractivity contribution >= 4 is 5.96 Å². The standard InChI is InChI=1S/C16H21N7O2/c1-10-11(2)25-14(20-10)9-19-16(17-3)18-7-6-13-21-15(23-22-13)12-5-4-8-24-12/h4-5,8H,6-7,9H2,1-3H3,(H2,17,18,19)(H,21,22,23). The summed E-state index contributed by atoms with van der Waals surface area (Å²) in [5.74, 6) is 4.10. The van der Waals surface area contributed by atoms with E-state index in [-0.39, 0.29) is 0 Å². The Kier molecular flexibility index (Phi) is 5.12. The number of furan rings is 1. The molecule has 0 aliphatic rings. The van der Waals surface area contributed by atoms with Crippen molar-refractivity contribution in [3.63, 3.8) is 0 Å². The molecule has 0 bridgehead atoms. The zero-order valence-corrected chi connectivity index (χ0v) is 14.5. The van der Waals surface area contributed by atoms with Crippen molar-refractivity contribution in [3.8, 4) is 11.6 Å². The van der Waals surface area contributed by atoms with E-state index in [0.29, 0.717) is 42.9 Å². The first-order valence-corrected chi connectivity index (χ1v) is 7.98. The fourth-order valence-electron chi connectivity index (χ4n) is 2.22. The van der Waals surface area contributed by atoms with Gasteiger partial charge in [-0.1, -0.05) is 0 Å². The van der Waals surface area contributed by atoms with Crippen LogP contribution >= 0.6 is 0 Å². The monoisotopic (exact) mass is 343 g/mol. The first kappa shape index (κ1) is 16.7. The molecular weight excluding hydrogens is 322 g/mol. The highest BCUT2D eigenvalue weighted by Crippen LogP contribution is 2.14. The first-order valence-electron chi connectivity index (χ1n) is 7.98. The second-order valence-corrected chi connectivity index (χ2v) is 5.43. The summed E-state index contributed by atoms with van der Waals surface area (Å²) in [5.41, 5.74) is 0.900. The normalized spacial score (nSPS) is 11.7. The number of hydrogen-bond acceptors (Lipinski definition) is 6. The third-order valence-electron chi connectivity index (χ3n) is 3.63. The minimum atomic E-state index is 0.472. The zero-order valence-electron chi connectivity index (χ0n) is 14.5. The second kappa shape index (κ2) is 7.65. The maximum absolute atomic E-state index is 5.53. The molecule has 0 aliphatic carbocycles. The molecule has 0 saturated carbocycles. The van der Waals surface area contributed by atoms with Gasteiger partial charge in [-0.05, 0) is 26.0 Å². The van der Waals surface area contributed by atoms with E-state index >= 15 is 0 Å². The molecule has 0 spiro atoms. The summed E-state index contributed by atoms with van der Waals surface area (Å²) >= 11 is 0. The molecule has 0 fully saturated rings. The molecular formula is C16H21N7O2. The second-order valence-electron chi connectivity index (χ2n) is 5.43. The number of aromatic amines is 1. The highest BCUT2D eigenvalue weighted by Gasteiger charge is 2.09. The van der Waals surface area contributed by atoms with Crippen molar-refractivity contribution in [2.75, 3.05) is 13.6 Å². The fourth-order valence-corrected chi connectivity index (χ4v) is 2.22. The Labute approximate surface area is 145 Å². The van der Waals surface area contributed by atoms with Gasteiger partial charge in [0.15, 0.2) is 11.7 Å². The predicted molar refractivity (Wildman–Crippen MR) is 92.0 cm³/mol. The maximum atomic E-state index is 5.53. The lowest BCUT2D eigenvalue weighted by molar-refractivity contribution is 0.463. The summed E-state index contributed by atoms with van der Waals surface area (Å²) in [6.45, 7) is 4.94. The van der Waals surface area contributed by atoms with Gasteiger partial charge in [-0.2, -0.15) is 5.10 Å². The molecule has 0 aromatic carbocycles. The maximum Gasteiger partial charge on any atom is 0.216 e. The number of hydrogen-bond donors (Lipinski definition) is 3. The van der Waals surface area contributed by atoms with Gasteiger partial charge in [-0.15, -0.1) is 0 Å². The summed E-state index contributed by atoms with van der Waals surface area (Å²) in [4.78, 5) is 12.9. The number of H-pyrrole nitrogens is 1. The highest BCUT2D eigenvalue weighted by atomic mass is 16.4. The highest BCUT2D eigenvalue weighted by molar-refractivity contribution is 5.79. The molecule has 0 amide bonds. The Bertz CT molecular complexity index is 813. The number of aromatic nitrogens is 4. The molecule has 0 atom stereocenters. The van der Waals surface area contributed by atoms with Gasteiger partial charge >= 0.3 is 0 Å². The molecule has 3 N–H and O–H groups in total. The van der Waals surface area contributed by atoms with E-state index in [2.05, 4.69) is 35.8 Å². The molecule has 9 heteroatoms. The molecule has 3 heterocycles. The van der Waals surface area contributed by atoms with Crippen LogP contribution < -0.4 is 10.6 Å². The van der Waals surface area contributed by atoms with Crippen molar-refractivity contribution in [3.05, 3.63) is 41.6 Å². The van der Waals surface area contributed by atoms with E-state index in [1.807, 2.05) is 19.9 Å². The number of aliphatic imine (C=N–C) groups is 1. The van der Waals surface area contributed by atoms with E-state index in [0.717, 1.165) is 17.3 Å². The molecule has 0 radical (unpaired) electrons. The number of nitrogens with zero attached hydrogens (tertiary/aromatic N) is 4. The fraction of sp³-hybridized carbons (Fsp3) is 0.375. The number of nitrogens with one attached hydrogen (secondary N) is 3. The van der Waals surface area contributed by atoms with Gasteiger partial charge in [-0.3, -0.25) is 10.1 Å². The zero-order chi connectivity index (χ0) is 17.6. The van der Waals surface area contributed by atoms with Crippen molar-refractivity contribution < 1.29 is 8.83 Å². The van der Waals surface area contributed by atoms with Crippen molar-refractivity contribution in [2.24, 2.45) is 4.99 Å². The quantitative estimate of drug-likeness (QED) is 0.459. The molecule has 9 nitrogen and oxygen atoms in total. The molecule has 3 aromatic rings. The predicted octanol–water partition coefficient (Wildman–Crippen LogP) is 1.58. The largest absolute Gasteiger partial charge is 0.461 e. The van der Waals surface area contributed by atoms with Gasteiger partial charge in [0.2, 0.25) is 11.7 Å². The summed E-state index contributed by atoms with van der Waals surface area (Å²) in [6, 6.07) is 3.63. The average Bonchev–Trinajstić information content (AvgIpc) is 3.33. The molecule has 0 unspecified atom stereocenters. The SMILES string of the molecule is CN=C(NCCc1nc(-c2ccco2)n[nH]1)NCc1nc(C)c(C)o1. The molecule has 3 aromatic heterocycles. The van der Waals surface area contributed by atoms with Crippen LogP contribution in [-0.2, 0) is 13.0 Å². The summed E-state index contributed by atoms with van der Waals surface area (Å²) in [7, 11) is 1.71. The van der Waals surface area contributed by atoms with Crippen LogP contribution in [0.25, 0.3) is 11.6 Å². The Morgan fingerprint density at radius 1 is 1.28 bits per heavy atom. The van der Waals surface area contributed by atoms with Crippen LogP contribution in [0, 0.1) is 13.8 Å². The van der Waals surface area contributed by atoms with Crippen molar-refractivity contribution in [1.82, 2.24) is 30.8 Å². The molecule has 3 rings (SSSR count). The van der Waals surface area contributed by atoms with Gasteiger partial charge in [-0.25, -0.2) is 9.97 Å². The number of rotatable bonds is 6. The Hall–Kier alpha value is -3.10. The van der Waals surface area contributed by atoms with Gasteiger partial charge in [0.25, 0.3) is 0 Å². The smallest absolute Gasteiger partial charge is 0.216 e. The summed E-state index contributed by atoms with van der Waals surface area (Å²) < 4.78 is 10.8. The van der Waals surface area contributed by atoms with Gasteiger partial charge in [0, 0.05) is 20.0 Å². The molecule has 0 saturated heterocycles. The van der Waals surface area contributed by atoms with E-state index < -0.39 is 0 Å². The number of guanidine groups is 1. The van der Waals surface area contributed by atoms with Crippen LogP contribution in [0.15, 0.2) is 32.2 Å². The van der Waals surface area contributed by atoms with Crippen LogP contribution in [0.4, 0.5) is 0 Å². The summed E-state index contributed by atoms with van der Waals surface area (Å²) in [6.07, 6.45) is 2.27. The Morgan fingerprint density at radius 2 is 2.16 bits per heavy atom. The Balaban J connectivity index is 1.45. The lowest BCUT2D eigenvalue weighted by Gasteiger charge is -2.09. The first-order chi connectivity index (χ1) is 12.2. The topological polar surface area (TPSA) is 117 Å². The van der Waals surface area contributed by atoms with Gasteiger partial charge < -0.3 is 19.5 Å². The van der Waals surface area contributed by atoms with Crippen LogP contribution in [0.5, 0.6) is 0 Å². The molecule has 0 aliphatic heterocycles.